The topological polar surface area (TPSA) is 60.8 Å². The summed E-state index contributed by atoms with van der Waals surface area (Å²) in [5.74, 6) is 0.541. The lowest BCUT2D eigenvalue weighted by molar-refractivity contribution is -0.136. The maximum absolute atomic E-state index is 12.3. The van der Waals surface area contributed by atoms with Crippen molar-refractivity contribution in [1.82, 2.24) is 4.90 Å². The molecule has 1 fully saturated rings. The number of aromatic hydroxyl groups is 1. The molecule has 0 radical (unpaired) electrons. The molecule has 0 saturated carbocycles. The Morgan fingerprint density at radius 1 is 1.47 bits per heavy atom. The van der Waals surface area contributed by atoms with E-state index in [1.54, 1.807) is 23.1 Å². The molecule has 1 aromatic rings. The maximum Gasteiger partial charge on any atom is 0.227 e. The van der Waals surface area contributed by atoms with Gasteiger partial charge >= 0.3 is 0 Å². The fourth-order valence-electron chi connectivity index (χ4n) is 2.78. The second-order valence-electron chi connectivity index (χ2n) is 5.30. The van der Waals surface area contributed by atoms with Crippen LogP contribution in [-0.2, 0) is 11.2 Å². The zero-order chi connectivity index (χ0) is 13.8. The van der Waals surface area contributed by atoms with Gasteiger partial charge in [-0.15, -0.1) is 0 Å². The number of carbonyl (C=O) groups excluding carboxylic acids is 1. The Labute approximate surface area is 113 Å². The van der Waals surface area contributed by atoms with Gasteiger partial charge in [0.05, 0.1) is 19.1 Å². The molecule has 1 aromatic carbocycles. The summed E-state index contributed by atoms with van der Waals surface area (Å²) in [6, 6.07) is 6.70. The van der Waals surface area contributed by atoms with Gasteiger partial charge in [0.1, 0.15) is 5.75 Å². The SMILES string of the molecule is C[C@H]1CCCN(C(=O)Cc2cccc(O)c2)[C@@H]1CO. The van der Waals surface area contributed by atoms with Crippen molar-refractivity contribution in [3.8, 4) is 5.75 Å². The van der Waals surface area contributed by atoms with E-state index in [9.17, 15) is 15.0 Å². The minimum Gasteiger partial charge on any atom is -0.508 e. The third-order valence-corrected chi connectivity index (χ3v) is 3.89. The van der Waals surface area contributed by atoms with E-state index in [2.05, 4.69) is 6.92 Å². The molecule has 2 atom stereocenters. The summed E-state index contributed by atoms with van der Waals surface area (Å²) in [4.78, 5) is 14.1. The summed E-state index contributed by atoms with van der Waals surface area (Å²) < 4.78 is 0. The second kappa shape index (κ2) is 6.06. The summed E-state index contributed by atoms with van der Waals surface area (Å²) >= 11 is 0. The number of phenolic OH excluding ortho intramolecular Hbond substituents is 1. The van der Waals surface area contributed by atoms with Gasteiger partial charge in [-0.1, -0.05) is 19.1 Å². The molecular weight excluding hydrogens is 242 g/mol. The van der Waals surface area contributed by atoms with Gasteiger partial charge in [0.2, 0.25) is 5.91 Å². The second-order valence-corrected chi connectivity index (χ2v) is 5.30. The van der Waals surface area contributed by atoms with Gasteiger partial charge < -0.3 is 15.1 Å². The normalized spacial score (nSPS) is 23.4. The van der Waals surface area contributed by atoms with Crippen molar-refractivity contribution >= 4 is 5.91 Å². The Bertz CT molecular complexity index is 447. The lowest BCUT2D eigenvalue weighted by Gasteiger charge is -2.39. The minimum atomic E-state index is -0.0708. The summed E-state index contributed by atoms with van der Waals surface area (Å²) in [7, 11) is 0. The number of hydrogen-bond donors (Lipinski definition) is 2. The molecule has 1 amide bonds. The van der Waals surface area contributed by atoms with Crippen LogP contribution in [0.5, 0.6) is 5.75 Å². The zero-order valence-corrected chi connectivity index (χ0v) is 11.2. The molecule has 19 heavy (non-hydrogen) atoms. The number of benzene rings is 1. The van der Waals surface area contributed by atoms with Crippen LogP contribution < -0.4 is 0 Å². The zero-order valence-electron chi connectivity index (χ0n) is 11.2. The van der Waals surface area contributed by atoms with Crippen LogP contribution in [0.15, 0.2) is 24.3 Å². The molecule has 104 valence electrons. The van der Waals surface area contributed by atoms with E-state index in [1.165, 1.54) is 0 Å². The van der Waals surface area contributed by atoms with Crippen LogP contribution in [-0.4, -0.2) is 40.2 Å². The van der Waals surface area contributed by atoms with E-state index in [4.69, 9.17) is 0 Å². The number of likely N-dealkylation sites (tertiary alicyclic amines) is 1. The first-order valence-electron chi connectivity index (χ1n) is 6.80. The van der Waals surface area contributed by atoms with Crippen LogP contribution >= 0.6 is 0 Å². The van der Waals surface area contributed by atoms with Crippen molar-refractivity contribution in [1.29, 1.82) is 0 Å². The number of piperidine rings is 1. The first-order valence-corrected chi connectivity index (χ1v) is 6.80. The monoisotopic (exact) mass is 263 g/mol. The van der Waals surface area contributed by atoms with Crippen molar-refractivity contribution in [3.05, 3.63) is 29.8 Å². The average molecular weight is 263 g/mol. The quantitative estimate of drug-likeness (QED) is 0.870. The lowest BCUT2D eigenvalue weighted by Crippen LogP contribution is -2.50. The van der Waals surface area contributed by atoms with Crippen molar-refractivity contribution in [2.45, 2.75) is 32.2 Å². The van der Waals surface area contributed by atoms with E-state index in [0.29, 0.717) is 12.5 Å². The highest BCUT2D eigenvalue weighted by Gasteiger charge is 2.30. The smallest absolute Gasteiger partial charge is 0.227 e. The number of hydrogen-bond acceptors (Lipinski definition) is 3. The molecule has 1 saturated heterocycles. The summed E-state index contributed by atoms with van der Waals surface area (Å²) in [5, 5.41) is 18.9. The molecule has 2 N–H and O–H groups in total. The van der Waals surface area contributed by atoms with Crippen LogP contribution in [0.25, 0.3) is 0 Å². The average Bonchev–Trinajstić information content (AvgIpc) is 2.38. The highest BCUT2D eigenvalue weighted by atomic mass is 16.3. The molecule has 2 rings (SSSR count). The largest absolute Gasteiger partial charge is 0.508 e. The van der Waals surface area contributed by atoms with E-state index >= 15 is 0 Å². The van der Waals surface area contributed by atoms with Crippen LogP contribution in [0.1, 0.15) is 25.3 Å². The van der Waals surface area contributed by atoms with E-state index < -0.39 is 0 Å². The predicted molar refractivity (Wildman–Crippen MR) is 72.8 cm³/mol. The molecule has 1 aliphatic heterocycles. The van der Waals surface area contributed by atoms with Crippen molar-refractivity contribution in [3.63, 3.8) is 0 Å². The number of carbonyl (C=O) groups is 1. The van der Waals surface area contributed by atoms with Crippen molar-refractivity contribution in [2.24, 2.45) is 5.92 Å². The predicted octanol–water partition coefficient (Wildman–Crippen LogP) is 1.55. The molecule has 0 unspecified atom stereocenters. The van der Waals surface area contributed by atoms with Gasteiger partial charge in [-0.05, 0) is 36.5 Å². The third kappa shape index (κ3) is 3.26. The van der Waals surface area contributed by atoms with Gasteiger partial charge in [0.25, 0.3) is 0 Å². The third-order valence-electron chi connectivity index (χ3n) is 3.89. The highest BCUT2D eigenvalue weighted by molar-refractivity contribution is 5.79. The molecule has 0 bridgehead atoms. The van der Waals surface area contributed by atoms with Crippen LogP contribution in [0.3, 0.4) is 0 Å². The molecular formula is C15H21NO3. The van der Waals surface area contributed by atoms with Gasteiger partial charge in [0.15, 0.2) is 0 Å². The van der Waals surface area contributed by atoms with Crippen LogP contribution in [0.2, 0.25) is 0 Å². The number of nitrogens with zero attached hydrogens (tertiary/aromatic N) is 1. The summed E-state index contributed by atoms with van der Waals surface area (Å²) in [6.45, 7) is 2.81. The van der Waals surface area contributed by atoms with Gasteiger partial charge in [-0.25, -0.2) is 0 Å². The Morgan fingerprint density at radius 3 is 2.95 bits per heavy atom. The molecule has 1 heterocycles. The summed E-state index contributed by atoms with van der Waals surface area (Å²) in [6.07, 6.45) is 2.32. The first-order chi connectivity index (χ1) is 9.11. The Hall–Kier alpha value is -1.55. The van der Waals surface area contributed by atoms with Crippen molar-refractivity contribution in [2.75, 3.05) is 13.2 Å². The Morgan fingerprint density at radius 2 is 2.26 bits per heavy atom. The number of rotatable bonds is 3. The number of amides is 1. The standard InChI is InChI=1S/C15H21NO3/c1-11-4-3-7-16(14(11)10-17)15(19)9-12-5-2-6-13(18)8-12/h2,5-6,8,11,14,17-18H,3-4,7,9-10H2,1H3/t11-,14+/m0/s1. The maximum atomic E-state index is 12.3. The fraction of sp³-hybridized carbons (Fsp3) is 0.533. The molecule has 0 spiro atoms. The number of phenols is 1. The van der Waals surface area contributed by atoms with Gasteiger partial charge in [-0.2, -0.15) is 0 Å². The molecule has 0 aliphatic carbocycles. The van der Waals surface area contributed by atoms with Crippen molar-refractivity contribution < 1.29 is 15.0 Å². The van der Waals surface area contributed by atoms with Crippen LogP contribution in [0.4, 0.5) is 0 Å². The molecule has 4 heteroatoms. The Balaban J connectivity index is 2.06. The Kier molecular flexibility index (Phi) is 4.43. The first kappa shape index (κ1) is 13.9. The number of aliphatic hydroxyl groups is 1. The summed E-state index contributed by atoms with van der Waals surface area (Å²) in [5.41, 5.74) is 0.805. The molecule has 4 nitrogen and oxygen atoms in total. The molecule has 1 aliphatic rings. The lowest BCUT2D eigenvalue weighted by atomic mass is 9.91. The van der Waals surface area contributed by atoms with Gasteiger partial charge in [0, 0.05) is 6.54 Å². The minimum absolute atomic E-state index is 0.0208. The van der Waals surface area contributed by atoms with Crippen LogP contribution in [0, 0.1) is 5.92 Å². The number of aliphatic hydroxyl groups excluding tert-OH is 1. The van der Waals surface area contributed by atoms with E-state index in [-0.39, 0.29) is 30.7 Å². The van der Waals surface area contributed by atoms with E-state index in [0.717, 1.165) is 18.4 Å². The van der Waals surface area contributed by atoms with Gasteiger partial charge in [-0.3, -0.25) is 4.79 Å². The fourth-order valence-corrected chi connectivity index (χ4v) is 2.78. The highest BCUT2D eigenvalue weighted by Crippen LogP contribution is 2.24. The molecule has 0 aromatic heterocycles. The van der Waals surface area contributed by atoms with E-state index in [1.807, 2.05) is 6.07 Å².